The van der Waals surface area contributed by atoms with E-state index in [1.165, 1.54) is 0 Å². The number of halogens is 2. The molecule has 0 atom stereocenters. The number of nitrogens with one attached hydrogen (secondary N) is 1. The van der Waals surface area contributed by atoms with Gasteiger partial charge in [-0.25, -0.2) is 14.4 Å². The zero-order valence-electron chi connectivity index (χ0n) is 11.5. The average Bonchev–Trinajstić information content (AvgIpc) is 2.51. The van der Waals surface area contributed by atoms with Crippen molar-refractivity contribution in [2.45, 2.75) is 6.92 Å². The maximum Gasteiger partial charge on any atom is 0.186 e. The van der Waals surface area contributed by atoms with Crippen molar-refractivity contribution in [3.05, 3.63) is 47.0 Å². The number of nitrogens with zero attached hydrogens (tertiary/aromatic N) is 3. The lowest BCUT2D eigenvalue weighted by atomic mass is 10.1. The zero-order chi connectivity index (χ0) is 15.0. The number of rotatable bonds is 2. The third-order valence-electron chi connectivity index (χ3n) is 3.21. The van der Waals surface area contributed by atoms with Crippen LogP contribution in [-0.2, 0) is 0 Å². The van der Waals surface area contributed by atoms with E-state index in [1.54, 1.807) is 32.3 Å². The van der Waals surface area contributed by atoms with Gasteiger partial charge in [0.05, 0.1) is 16.2 Å². The summed E-state index contributed by atoms with van der Waals surface area (Å²) in [5.74, 6) is 0.127. The molecule has 0 aliphatic heterocycles. The van der Waals surface area contributed by atoms with Gasteiger partial charge in [0.1, 0.15) is 0 Å². The van der Waals surface area contributed by atoms with Gasteiger partial charge in [0.2, 0.25) is 0 Å². The van der Waals surface area contributed by atoms with Crippen LogP contribution in [0.2, 0.25) is 5.02 Å². The van der Waals surface area contributed by atoms with Gasteiger partial charge in [-0.1, -0.05) is 11.6 Å². The molecule has 106 valence electrons. The lowest BCUT2D eigenvalue weighted by Gasteiger charge is -2.09. The number of anilines is 1. The Morgan fingerprint density at radius 2 is 2.00 bits per heavy atom. The SMILES string of the molecule is CNc1nc(-c2ccc(Cl)c3cccnc23)nc(C)c1F. The number of hydrogen-bond donors (Lipinski definition) is 1. The third-order valence-corrected chi connectivity index (χ3v) is 3.54. The van der Waals surface area contributed by atoms with Gasteiger partial charge in [-0.2, -0.15) is 0 Å². The van der Waals surface area contributed by atoms with Crippen molar-refractivity contribution in [2.24, 2.45) is 0 Å². The number of pyridine rings is 1. The highest BCUT2D eigenvalue weighted by Gasteiger charge is 2.15. The highest BCUT2D eigenvalue weighted by molar-refractivity contribution is 6.35. The predicted octanol–water partition coefficient (Wildman–Crippen LogP) is 3.83. The van der Waals surface area contributed by atoms with E-state index in [0.29, 0.717) is 16.4 Å². The minimum absolute atomic E-state index is 0.163. The molecule has 0 aliphatic rings. The molecule has 0 aliphatic carbocycles. The van der Waals surface area contributed by atoms with Crippen LogP contribution >= 0.6 is 11.6 Å². The topological polar surface area (TPSA) is 50.7 Å². The van der Waals surface area contributed by atoms with E-state index in [2.05, 4.69) is 20.3 Å². The van der Waals surface area contributed by atoms with Gasteiger partial charge >= 0.3 is 0 Å². The molecule has 0 saturated heterocycles. The molecule has 3 aromatic rings. The Morgan fingerprint density at radius 1 is 1.19 bits per heavy atom. The summed E-state index contributed by atoms with van der Waals surface area (Å²) < 4.78 is 13.9. The summed E-state index contributed by atoms with van der Waals surface area (Å²) in [6.07, 6.45) is 1.68. The first-order chi connectivity index (χ1) is 10.1. The molecule has 0 amide bonds. The summed E-state index contributed by atoms with van der Waals surface area (Å²) in [7, 11) is 1.62. The van der Waals surface area contributed by atoms with Crippen molar-refractivity contribution >= 4 is 28.3 Å². The Balaban J connectivity index is 2.31. The van der Waals surface area contributed by atoms with E-state index in [9.17, 15) is 4.39 Å². The molecular formula is C15H12ClFN4. The average molecular weight is 303 g/mol. The Labute approximate surface area is 126 Å². The monoisotopic (exact) mass is 302 g/mol. The molecule has 6 heteroatoms. The molecule has 2 aromatic heterocycles. The van der Waals surface area contributed by atoms with E-state index in [4.69, 9.17) is 11.6 Å². The summed E-state index contributed by atoms with van der Waals surface area (Å²) in [6, 6.07) is 7.25. The van der Waals surface area contributed by atoms with E-state index in [1.807, 2.05) is 12.1 Å². The lowest BCUT2D eigenvalue weighted by Crippen LogP contribution is -2.04. The van der Waals surface area contributed by atoms with Gasteiger partial charge in [-0.05, 0) is 31.2 Å². The van der Waals surface area contributed by atoms with Gasteiger partial charge in [-0.3, -0.25) is 4.98 Å². The fraction of sp³-hybridized carbons (Fsp3) is 0.133. The number of hydrogen-bond acceptors (Lipinski definition) is 4. The van der Waals surface area contributed by atoms with Crippen molar-refractivity contribution < 1.29 is 4.39 Å². The second-order valence-electron chi connectivity index (χ2n) is 4.54. The van der Waals surface area contributed by atoms with Crippen LogP contribution in [0.15, 0.2) is 30.5 Å². The molecule has 0 bridgehead atoms. The maximum absolute atomic E-state index is 13.9. The van der Waals surface area contributed by atoms with E-state index >= 15 is 0 Å². The molecule has 0 fully saturated rings. The number of benzene rings is 1. The van der Waals surface area contributed by atoms with Crippen LogP contribution in [0.4, 0.5) is 10.2 Å². The smallest absolute Gasteiger partial charge is 0.186 e. The standard InChI is InChI=1S/C15H12ClFN4/c1-8-12(17)15(18-2)21-14(20-8)10-5-6-11(16)9-4-3-7-19-13(9)10/h3-7H,1-2H3,(H,18,20,21). The summed E-state index contributed by atoms with van der Waals surface area (Å²) >= 11 is 6.18. The van der Waals surface area contributed by atoms with E-state index in [-0.39, 0.29) is 11.5 Å². The van der Waals surface area contributed by atoms with Gasteiger partial charge in [0.15, 0.2) is 17.5 Å². The number of aryl methyl sites for hydroxylation is 1. The van der Waals surface area contributed by atoms with Crippen molar-refractivity contribution in [1.82, 2.24) is 15.0 Å². The third kappa shape index (κ3) is 2.29. The van der Waals surface area contributed by atoms with Gasteiger partial charge < -0.3 is 5.32 Å². The fourth-order valence-electron chi connectivity index (χ4n) is 2.16. The van der Waals surface area contributed by atoms with Crippen molar-refractivity contribution in [3.63, 3.8) is 0 Å². The predicted molar refractivity (Wildman–Crippen MR) is 82.0 cm³/mol. The normalized spacial score (nSPS) is 10.9. The molecule has 4 nitrogen and oxygen atoms in total. The van der Waals surface area contributed by atoms with Crippen LogP contribution in [0.25, 0.3) is 22.3 Å². The molecule has 0 spiro atoms. The second-order valence-corrected chi connectivity index (χ2v) is 4.95. The Hall–Kier alpha value is -2.27. The Morgan fingerprint density at radius 3 is 2.76 bits per heavy atom. The molecule has 1 N–H and O–H groups in total. The minimum Gasteiger partial charge on any atom is -0.371 e. The molecule has 21 heavy (non-hydrogen) atoms. The van der Waals surface area contributed by atoms with Crippen LogP contribution in [0.5, 0.6) is 0 Å². The largest absolute Gasteiger partial charge is 0.371 e. The molecule has 0 unspecified atom stereocenters. The minimum atomic E-state index is -0.451. The summed E-state index contributed by atoms with van der Waals surface area (Å²) in [5.41, 5.74) is 1.69. The van der Waals surface area contributed by atoms with Crippen LogP contribution in [0.1, 0.15) is 5.69 Å². The van der Waals surface area contributed by atoms with Gasteiger partial charge in [0, 0.05) is 24.2 Å². The Bertz CT molecular complexity index is 835. The summed E-state index contributed by atoms with van der Waals surface area (Å²) in [6.45, 7) is 1.60. The Kier molecular flexibility index (Phi) is 3.43. The van der Waals surface area contributed by atoms with E-state index < -0.39 is 5.82 Å². The lowest BCUT2D eigenvalue weighted by molar-refractivity contribution is 0.607. The number of fused-ring (bicyclic) bond motifs is 1. The highest BCUT2D eigenvalue weighted by Crippen LogP contribution is 2.31. The van der Waals surface area contributed by atoms with Crippen LogP contribution < -0.4 is 5.32 Å². The molecule has 0 radical (unpaired) electrons. The van der Waals surface area contributed by atoms with E-state index in [0.717, 1.165) is 10.9 Å². The van der Waals surface area contributed by atoms with Crippen LogP contribution in [0, 0.1) is 12.7 Å². The van der Waals surface area contributed by atoms with Crippen LogP contribution in [0.3, 0.4) is 0 Å². The maximum atomic E-state index is 13.9. The summed E-state index contributed by atoms with van der Waals surface area (Å²) in [4.78, 5) is 12.8. The summed E-state index contributed by atoms with van der Waals surface area (Å²) in [5, 5.41) is 4.15. The molecule has 0 saturated carbocycles. The molecule has 2 heterocycles. The van der Waals surface area contributed by atoms with Crippen molar-refractivity contribution in [2.75, 3.05) is 12.4 Å². The number of aromatic nitrogens is 3. The van der Waals surface area contributed by atoms with Gasteiger partial charge in [0.25, 0.3) is 0 Å². The highest BCUT2D eigenvalue weighted by atomic mass is 35.5. The van der Waals surface area contributed by atoms with Crippen LogP contribution in [-0.4, -0.2) is 22.0 Å². The van der Waals surface area contributed by atoms with Crippen molar-refractivity contribution in [1.29, 1.82) is 0 Å². The van der Waals surface area contributed by atoms with Gasteiger partial charge in [-0.15, -0.1) is 0 Å². The molecular weight excluding hydrogens is 291 g/mol. The zero-order valence-corrected chi connectivity index (χ0v) is 12.2. The first kappa shape index (κ1) is 13.7. The molecule has 1 aromatic carbocycles. The van der Waals surface area contributed by atoms with Crippen molar-refractivity contribution in [3.8, 4) is 11.4 Å². The quantitative estimate of drug-likeness (QED) is 0.781. The first-order valence-electron chi connectivity index (χ1n) is 6.37. The molecule has 3 rings (SSSR count). The fourth-order valence-corrected chi connectivity index (χ4v) is 2.38. The second kappa shape index (κ2) is 5.26. The first-order valence-corrected chi connectivity index (χ1v) is 6.75.